The lowest BCUT2D eigenvalue weighted by atomic mass is 10.1. The monoisotopic (exact) mass is 249 g/mol. The van der Waals surface area contributed by atoms with Gasteiger partial charge in [0.15, 0.2) is 0 Å². The van der Waals surface area contributed by atoms with Crippen LogP contribution in [0, 0.1) is 0 Å². The highest BCUT2D eigenvalue weighted by Crippen LogP contribution is 2.34. The maximum absolute atomic E-state index is 11.2. The fraction of sp³-hybridized carbons (Fsp3) is 0.571. The van der Waals surface area contributed by atoms with Gasteiger partial charge in [0.2, 0.25) is 0 Å². The Hall–Kier alpha value is -1.58. The Balaban J connectivity index is 2.35. The van der Waals surface area contributed by atoms with Crippen LogP contribution >= 0.6 is 0 Å². The molecule has 98 valence electrons. The second kappa shape index (κ2) is 5.85. The van der Waals surface area contributed by atoms with Gasteiger partial charge in [0, 0.05) is 18.7 Å². The SMILES string of the molecule is CCOc1ccnc2c1CCCCC2OC(C)=O. The van der Waals surface area contributed by atoms with Crippen molar-refractivity contribution in [3.63, 3.8) is 0 Å². The minimum absolute atomic E-state index is 0.222. The van der Waals surface area contributed by atoms with E-state index in [0.29, 0.717) is 6.61 Å². The summed E-state index contributed by atoms with van der Waals surface area (Å²) < 4.78 is 11.0. The molecule has 0 saturated carbocycles. The number of pyridine rings is 1. The summed E-state index contributed by atoms with van der Waals surface area (Å²) in [4.78, 5) is 15.6. The molecule has 1 heterocycles. The van der Waals surface area contributed by atoms with Gasteiger partial charge in [-0.3, -0.25) is 9.78 Å². The van der Waals surface area contributed by atoms with Crippen molar-refractivity contribution in [1.82, 2.24) is 4.98 Å². The Morgan fingerprint density at radius 2 is 2.33 bits per heavy atom. The molecule has 0 aromatic carbocycles. The van der Waals surface area contributed by atoms with Crippen molar-refractivity contribution in [3.8, 4) is 5.75 Å². The average molecular weight is 249 g/mol. The molecule has 0 spiro atoms. The van der Waals surface area contributed by atoms with Gasteiger partial charge in [-0.25, -0.2) is 0 Å². The van der Waals surface area contributed by atoms with Crippen LogP contribution in [0.5, 0.6) is 5.75 Å². The second-order valence-corrected chi connectivity index (χ2v) is 4.45. The minimum atomic E-state index is -0.253. The zero-order valence-corrected chi connectivity index (χ0v) is 10.9. The van der Waals surface area contributed by atoms with E-state index in [0.717, 1.165) is 42.7 Å². The van der Waals surface area contributed by atoms with Gasteiger partial charge in [0.1, 0.15) is 11.9 Å². The van der Waals surface area contributed by atoms with E-state index in [4.69, 9.17) is 9.47 Å². The highest BCUT2D eigenvalue weighted by atomic mass is 16.5. The predicted molar refractivity (Wildman–Crippen MR) is 67.5 cm³/mol. The Labute approximate surface area is 107 Å². The number of hydrogen-bond acceptors (Lipinski definition) is 4. The van der Waals surface area contributed by atoms with Crippen molar-refractivity contribution in [2.75, 3.05) is 6.61 Å². The number of esters is 1. The van der Waals surface area contributed by atoms with Gasteiger partial charge in [0.05, 0.1) is 12.3 Å². The summed E-state index contributed by atoms with van der Waals surface area (Å²) in [5.74, 6) is 0.623. The molecule has 1 unspecified atom stereocenters. The summed E-state index contributed by atoms with van der Waals surface area (Å²) in [5, 5.41) is 0. The van der Waals surface area contributed by atoms with E-state index in [2.05, 4.69) is 4.98 Å². The summed E-state index contributed by atoms with van der Waals surface area (Å²) in [6.45, 7) is 4.04. The average Bonchev–Trinajstić information content (AvgIpc) is 2.53. The van der Waals surface area contributed by atoms with Crippen molar-refractivity contribution in [1.29, 1.82) is 0 Å². The Morgan fingerprint density at radius 1 is 1.50 bits per heavy atom. The summed E-state index contributed by atoms with van der Waals surface area (Å²) >= 11 is 0. The lowest BCUT2D eigenvalue weighted by molar-refractivity contribution is -0.147. The molecule has 4 nitrogen and oxygen atoms in total. The normalized spacial score (nSPS) is 18.7. The first-order valence-corrected chi connectivity index (χ1v) is 6.50. The van der Waals surface area contributed by atoms with Gasteiger partial charge in [-0.05, 0) is 38.7 Å². The molecule has 2 rings (SSSR count). The molecule has 4 heteroatoms. The van der Waals surface area contributed by atoms with E-state index in [1.807, 2.05) is 13.0 Å². The van der Waals surface area contributed by atoms with Gasteiger partial charge in [-0.1, -0.05) is 0 Å². The van der Waals surface area contributed by atoms with Crippen LogP contribution in [0.4, 0.5) is 0 Å². The van der Waals surface area contributed by atoms with Crippen LogP contribution in [0.2, 0.25) is 0 Å². The summed E-state index contributed by atoms with van der Waals surface area (Å²) in [7, 11) is 0. The molecule has 18 heavy (non-hydrogen) atoms. The van der Waals surface area contributed by atoms with Crippen LogP contribution in [0.1, 0.15) is 50.5 Å². The standard InChI is InChI=1S/C14H19NO3/c1-3-17-12-8-9-15-14-11(12)6-4-5-7-13(14)18-10(2)16/h8-9,13H,3-7H2,1-2H3. The molecule has 1 aliphatic carbocycles. The summed E-state index contributed by atoms with van der Waals surface area (Å²) in [6.07, 6.45) is 5.41. The zero-order chi connectivity index (χ0) is 13.0. The Bertz CT molecular complexity index is 431. The quantitative estimate of drug-likeness (QED) is 0.610. The first kappa shape index (κ1) is 12.9. The number of ether oxygens (including phenoxy) is 2. The third-order valence-corrected chi connectivity index (χ3v) is 3.10. The number of fused-ring (bicyclic) bond motifs is 1. The van der Waals surface area contributed by atoms with E-state index in [-0.39, 0.29) is 12.1 Å². The lowest BCUT2D eigenvalue weighted by Crippen LogP contribution is -2.11. The Kier molecular flexibility index (Phi) is 4.18. The summed E-state index contributed by atoms with van der Waals surface area (Å²) in [6, 6.07) is 1.89. The van der Waals surface area contributed by atoms with Crippen molar-refractivity contribution in [2.45, 2.75) is 45.6 Å². The molecular formula is C14H19NO3. The van der Waals surface area contributed by atoms with Crippen molar-refractivity contribution in [2.24, 2.45) is 0 Å². The number of nitrogens with zero attached hydrogens (tertiary/aromatic N) is 1. The van der Waals surface area contributed by atoms with Crippen LogP contribution in [-0.4, -0.2) is 17.6 Å². The molecule has 0 bridgehead atoms. The molecule has 1 aromatic heterocycles. The number of aromatic nitrogens is 1. The first-order chi connectivity index (χ1) is 8.72. The van der Waals surface area contributed by atoms with E-state index in [1.165, 1.54) is 6.92 Å². The van der Waals surface area contributed by atoms with Gasteiger partial charge < -0.3 is 9.47 Å². The third kappa shape index (κ3) is 2.81. The van der Waals surface area contributed by atoms with Crippen molar-refractivity contribution < 1.29 is 14.3 Å². The van der Waals surface area contributed by atoms with E-state index in [1.54, 1.807) is 6.20 Å². The predicted octanol–water partition coefficient (Wildman–Crippen LogP) is 2.81. The lowest BCUT2D eigenvalue weighted by Gasteiger charge is -2.18. The van der Waals surface area contributed by atoms with Crippen molar-refractivity contribution >= 4 is 5.97 Å². The summed E-state index contributed by atoms with van der Waals surface area (Å²) in [5.41, 5.74) is 1.97. The molecule has 1 atom stereocenters. The first-order valence-electron chi connectivity index (χ1n) is 6.50. The molecular weight excluding hydrogens is 230 g/mol. The number of hydrogen-bond donors (Lipinski definition) is 0. The van der Waals surface area contributed by atoms with Gasteiger partial charge in [0.25, 0.3) is 0 Å². The Morgan fingerprint density at radius 3 is 3.06 bits per heavy atom. The van der Waals surface area contributed by atoms with E-state index >= 15 is 0 Å². The number of carbonyl (C=O) groups excluding carboxylic acids is 1. The van der Waals surface area contributed by atoms with Gasteiger partial charge in [-0.15, -0.1) is 0 Å². The molecule has 0 aliphatic heterocycles. The van der Waals surface area contributed by atoms with Crippen LogP contribution in [0.25, 0.3) is 0 Å². The second-order valence-electron chi connectivity index (χ2n) is 4.45. The third-order valence-electron chi connectivity index (χ3n) is 3.10. The minimum Gasteiger partial charge on any atom is -0.493 e. The topological polar surface area (TPSA) is 48.4 Å². The molecule has 0 radical (unpaired) electrons. The van der Waals surface area contributed by atoms with E-state index in [9.17, 15) is 4.79 Å². The zero-order valence-electron chi connectivity index (χ0n) is 10.9. The van der Waals surface area contributed by atoms with Crippen LogP contribution in [0.3, 0.4) is 0 Å². The largest absolute Gasteiger partial charge is 0.493 e. The number of carbonyl (C=O) groups is 1. The highest BCUT2D eigenvalue weighted by Gasteiger charge is 2.24. The van der Waals surface area contributed by atoms with Crippen LogP contribution < -0.4 is 4.74 Å². The highest BCUT2D eigenvalue weighted by molar-refractivity contribution is 5.66. The van der Waals surface area contributed by atoms with Crippen LogP contribution in [-0.2, 0) is 16.0 Å². The molecule has 1 aromatic rings. The molecule has 0 fully saturated rings. The molecule has 1 aliphatic rings. The smallest absolute Gasteiger partial charge is 0.303 e. The maximum Gasteiger partial charge on any atom is 0.303 e. The van der Waals surface area contributed by atoms with E-state index < -0.39 is 0 Å². The van der Waals surface area contributed by atoms with Crippen LogP contribution in [0.15, 0.2) is 12.3 Å². The molecule has 0 N–H and O–H groups in total. The number of rotatable bonds is 3. The fourth-order valence-electron chi connectivity index (χ4n) is 2.39. The van der Waals surface area contributed by atoms with Crippen molar-refractivity contribution in [3.05, 3.63) is 23.5 Å². The molecule has 0 saturated heterocycles. The fourth-order valence-corrected chi connectivity index (χ4v) is 2.39. The maximum atomic E-state index is 11.2. The van der Waals surface area contributed by atoms with Gasteiger partial charge in [-0.2, -0.15) is 0 Å². The molecule has 0 amide bonds. The van der Waals surface area contributed by atoms with Gasteiger partial charge >= 0.3 is 5.97 Å².